The van der Waals surface area contributed by atoms with Gasteiger partial charge in [-0.1, -0.05) is 38.5 Å². The third-order valence-electron chi connectivity index (χ3n) is 8.63. The van der Waals surface area contributed by atoms with E-state index in [0.717, 1.165) is 0 Å². The standard InChI is InChI=1S/C20H32/c1-2-8-16-15(7-1)17-9-3-5-13-11-12-14-6-4-10-18(16)20(14)19(13)17/h13-20H,1-12H2. The summed E-state index contributed by atoms with van der Waals surface area (Å²) in [6.07, 6.45) is 19.2. The maximum Gasteiger partial charge on any atom is -0.0321 e. The van der Waals surface area contributed by atoms with Crippen molar-refractivity contribution in [2.24, 2.45) is 47.3 Å². The van der Waals surface area contributed by atoms with Crippen LogP contribution in [-0.4, -0.2) is 0 Å². The zero-order chi connectivity index (χ0) is 13.1. The molecule has 0 aromatic heterocycles. The smallest absolute Gasteiger partial charge is 0.0321 e. The molecule has 0 radical (unpaired) electrons. The third kappa shape index (κ3) is 1.66. The Labute approximate surface area is 125 Å². The van der Waals surface area contributed by atoms with Crippen molar-refractivity contribution >= 4 is 0 Å². The fourth-order valence-electron chi connectivity index (χ4n) is 8.25. The first-order valence-electron chi connectivity index (χ1n) is 9.93. The molecule has 5 fully saturated rings. The molecular formula is C20H32. The van der Waals surface area contributed by atoms with Gasteiger partial charge in [-0.05, 0) is 85.9 Å². The van der Waals surface area contributed by atoms with Crippen LogP contribution >= 0.6 is 0 Å². The lowest BCUT2D eigenvalue weighted by Crippen LogP contribution is -2.56. The Hall–Kier alpha value is 0. The average molecular weight is 272 g/mol. The van der Waals surface area contributed by atoms with Crippen LogP contribution in [0.15, 0.2) is 0 Å². The molecule has 5 rings (SSSR count). The van der Waals surface area contributed by atoms with Gasteiger partial charge in [-0.2, -0.15) is 0 Å². The average Bonchev–Trinajstić information content (AvgIpc) is 2.53. The summed E-state index contributed by atoms with van der Waals surface area (Å²) in [4.78, 5) is 0. The van der Waals surface area contributed by atoms with Gasteiger partial charge in [0, 0.05) is 0 Å². The Morgan fingerprint density at radius 2 is 0.800 bits per heavy atom. The molecule has 8 atom stereocenters. The van der Waals surface area contributed by atoms with E-state index in [1.807, 2.05) is 0 Å². The topological polar surface area (TPSA) is 0 Å². The van der Waals surface area contributed by atoms with Crippen LogP contribution in [-0.2, 0) is 0 Å². The summed E-state index contributed by atoms with van der Waals surface area (Å²) < 4.78 is 0. The normalized spacial score (nSPS) is 57.6. The van der Waals surface area contributed by atoms with Gasteiger partial charge in [0.05, 0.1) is 0 Å². The minimum Gasteiger partial charge on any atom is -0.0530 e. The van der Waals surface area contributed by atoms with E-state index in [2.05, 4.69) is 0 Å². The summed E-state index contributed by atoms with van der Waals surface area (Å²) in [5, 5.41) is 0. The fourth-order valence-corrected chi connectivity index (χ4v) is 8.25. The monoisotopic (exact) mass is 272 g/mol. The predicted octanol–water partition coefficient (Wildman–Crippen LogP) is 5.67. The van der Waals surface area contributed by atoms with Crippen molar-refractivity contribution in [3.8, 4) is 0 Å². The molecule has 0 aromatic carbocycles. The van der Waals surface area contributed by atoms with Crippen molar-refractivity contribution in [1.29, 1.82) is 0 Å². The quantitative estimate of drug-likeness (QED) is 0.533. The molecule has 0 amide bonds. The van der Waals surface area contributed by atoms with Crippen LogP contribution < -0.4 is 0 Å². The molecule has 8 unspecified atom stereocenters. The third-order valence-corrected chi connectivity index (χ3v) is 8.63. The molecule has 0 spiro atoms. The first-order chi connectivity index (χ1) is 9.93. The second-order valence-corrected chi connectivity index (χ2v) is 9.05. The van der Waals surface area contributed by atoms with Crippen LogP contribution in [0.3, 0.4) is 0 Å². The van der Waals surface area contributed by atoms with Gasteiger partial charge in [0.1, 0.15) is 0 Å². The largest absolute Gasteiger partial charge is 0.0530 e. The molecule has 0 nitrogen and oxygen atoms in total. The maximum absolute atomic E-state index is 1.62. The Morgan fingerprint density at radius 3 is 1.30 bits per heavy atom. The van der Waals surface area contributed by atoms with Crippen LogP contribution in [0.5, 0.6) is 0 Å². The van der Waals surface area contributed by atoms with Crippen LogP contribution in [0.2, 0.25) is 0 Å². The number of hydrogen-bond donors (Lipinski definition) is 0. The lowest BCUT2D eigenvalue weighted by molar-refractivity contribution is -0.143. The molecular weight excluding hydrogens is 240 g/mol. The Kier molecular flexibility index (Phi) is 2.98. The highest BCUT2D eigenvalue weighted by atomic mass is 14.6. The zero-order valence-corrected chi connectivity index (χ0v) is 13.1. The highest BCUT2D eigenvalue weighted by molar-refractivity contribution is 5.06. The Morgan fingerprint density at radius 1 is 0.350 bits per heavy atom. The predicted molar refractivity (Wildman–Crippen MR) is 83.3 cm³/mol. The van der Waals surface area contributed by atoms with Crippen LogP contribution in [0.25, 0.3) is 0 Å². The first kappa shape index (κ1) is 12.5. The van der Waals surface area contributed by atoms with E-state index < -0.39 is 0 Å². The summed E-state index contributed by atoms with van der Waals surface area (Å²) in [7, 11) is 0. The lowest BCUT2D eigenvalue weighted by atomic mass is 9.42. The summed E-state index contributed by atoms with van der Waals surface area (Å²) in [6, 6.07) is 0. The molecule has 0 heterocycles. The lowest BCUT2D eigenvalue weighted by Gasteiger charge is -2.63. The number of fused-ring (bicyclic) bond motifs is 3. The van der Waals surface area contributed by atoms with E-state index in [9.17, 15) is 0 Å². The highest BCUT2D eigenvalue weighted by Gasteiger charge is 2.57. The molecule has 0 saturated heterocycles. The van der Waals surface area contributed by atoms with Crippen molar-refractivity contribution in [2.75, 3.05) is 0 Å². The molecule has 0 bridgehead atoms. The maximum atomic E-state index is 1.62. The summed E-state index contributed by atoms with van der Waals surface area (Å²) in [6.45, 7) is 0. The molecule has 112 valence electrons. The van der Waals surface area contributed by atoms with Crippen LogP contribution in [0, 0.1) is 47.3 Å². The van der Waals surface area contributed by atoms with Crippen LogP contribution in [0.4, 0.5) is 0 Å². The van der Waals surface area contributed by atoms with Crippen LogP contribution in [0.1, 0.15) is 77.0 Å². The second kappa shape index (κ2) is 4.75. The van der Waals surface area contributed by atoms with Gasteiger partial charge in [0.15, 0.2) is 0 Å². The van der Waals surface area contributed by atoms with Gasteiger partial charge in [-0.25, -0.2) is 0 Å². The number of hydrogen-bond acceptors (Lipinski definition) is 0. The van der Waals surface area contributed by atoms with Crippen molar-refractivity contribution in [1.82, 2.24) is 0 Å². The molecule has 5 aliphatic carbocycles. The molecule has 0 aliphatic heterocycles. The molecule has 0 heteroatoms. The van der Waals surface area contributed by atoms with E-state index in [1.54, 1.807) is 77.0 Å². The second-order valence-electron chi connectivity index (χ2n) is 9.05. The molecule has 5 saturated carbocycles. The van der Waals surface area contributed by atoms with Gasteiger partial charge < -0.3 is 0 Å². The SMILES string of the molecule is C1CCC2C(C1)C1CCCC3CCC4CCCC2C4C31. The van der Waals surface area contributed by atoms with Gasteiger partial charge in [-0.3, -0.25) is 0 Å². The van der Waals surface area contributed by atoms with E-state index in [4.69, 9.17) is 0 Å². The molecule has 20 heavy (non-hydrogen) atoms. The van der Waals surface area contributed by atoms with E-state index >= 15 is 0 Å². The van der Waals surface area contributed by atoms with Gasteiger partial charge >= 0.3 is 0 Å². The Bertz CT molecular complexity index is 336. The Balaban J connectivity index is 1.55. The highest BCUT2D eigenvalue weighted by Crippen LogP contribution is 2.65. The number of rotatable bonds is 0. The summed E-state index contributed by atoms with van der Waals surface area (Å²) >= 11 is 0. The van der Waals surface area contributed by atoms with E-state index in [0.29, 0.717) is 0 Å². The van der Waals surface area contributed by atoms with Crippen molar-refractivity contribution in [2.45, 2.75) is 77.0 Å². The van der Waals surface area contributed by atoms with Crippen molar-refractivity contribution in [3.05, 3.63) is 0 Å². The molecule has 0 aromatic rings. The van der Waals surface area contributed by atoms with Gasteiger partial charge in [-0.15, -0.1) is 0 Å². The molecule has 0 N–H and O–H groups in total. The minimum atomic E-state index is 1.17. The van der Waals surface area contributed by atoms with Crippen molar-refractivity contribution < 1.29 is 0 Å². The first-order valence-corrected chi connectivity index (χ1v) is 9.93. The van der Waals surface area contributed by atoms with E-state index in [-0.39, 0.29) is 0 Å². The fraction of sp³-hybridized carbons (Fsp3) is 1.00. The summed E-state index contributed by atoms with van der Waals surface area (Å²) in [5.41, 5.74) is 0. The molecule has 5 aliphatic rings. The zero-order valence-electron chi connectivity index (χ0n) is 13.1. The van der Waals surface area contributed by atoms with Crippen molar-refractivity contribution in [3.63, 3.8) is 0 Å². The van der Waals surface area contributed by atoms with E-state index in [1.165, 1.54) is 47.3 Å². The van der Waals surface area contributed by atoms with Gasteiger partial charge in [0.25, 0.3) is 0 Å². The summed E-state index contributed by atoms with van der Waals surface area (Å²) in [5.74, 6) is 9.45. The minimum absolute atomic E-state index is 1.17. The van der Waals surface area contributed by atoms with Gasteiger partial charge in [0.2, 0.25) is 0 Å².